The summed E-state index contributed by atoms with van der Waals surface area (Å²) in [7, 11) is 0. The summed E-state index contributed by atoms with van der Waals surface area (Å²) in [4.78, 5) is 10.6. The minimum Gasteiger partial charge on any atom is -0.486 e. The van der Waals surface area contributed by atoms with Crippen molar-refractivity contribution < 1.29 is 14.6 Å². The molecule has 108 valence electrons. The number of hydrogen-bond acceptors (Lipinski definition) is 2. The lowest BCUT2D eigenvalue weighted by Gasteiger charge is -2.11. The Labute approximate surface area is 132 Å². The molecule has 21 heavy (non-hydrogen) atoms. The predicted octanol–water partition coefficient (Wildman–Crippen LogP) is 4.67. The molecule has 0 aliphatic heterocycles. The van der Waals surface area contributed by atoms with Crippen LogP contribution in [0.2, 0.25) is 10.0 Å². The van der Waals surface area contributed by atoms with Gasteiger partial charge in [-0.1, -0.05) is 53.5 Å². The zero-order valence-corrected chi connectivity index (χ0v) is 12.4. The molecule has 0 saturated heterocycles. The highest BCUT2D eigenvalue weighted by atomic mass is 35.5. The molecule has 0 unspecified atom stereocenters. The Balaban J connectivity index is 2.19. The van der Waals surface area contributed by atoms with Crippen LogP contribution in [0.15, 0.2) is 48.5 Å². The average Bonchev–Trinajstić information content (AvgIpc) is 2.45. The van der Waals surface area contributed by atoms with Crippen LogP contribution >= 0.6 is 23.2 Å². The van der Waals surface area contributed by atoms with Crippen molar-refractivity contribution >= 4 is 35.2 Å². The van der Waals surface area contributed by atoms with Crippen LogP contribution in [0, 0.1) is 0 Å². The van der Waals surface area contributed by atoms with Crippen molar-refractivity contribution in [1.82, 2.24) is 0 Å². The van der Waals surface area contributed by atoms with Crippen LogP contribution in [0.1, 0.15) is 11.1 Å². The number of halogens is 2. The monoisotopic (exact) mass is 322 g/mol. The van der Waals surface area contributed by atoms with Crippen molar-refractivity contribution in [3.8, 4) is 5.75 Å². The smallest absolute Gasteiger partial charge is 0.328 e. The first-order valence-corrected chi connectivity index (χ1v) is 6.89. The van der Waals surface area contributed by atoms with Gasteiger partial charge in [0.15, 0.2) is 5.75 Å². The predicted molar refractivity (Wildman–Crippen MR) is 83.9 cm³/mol. The van der Waals surface area contributed by atoms with Gasteiger partial charge in [-0.25, -0.2) is 4.79 Å². The molecule has 0 saturated carbocycles. The highest BCUT2D eigenvalue weighted by Gasteiger charge is 2.08. The Morgan fingerprint density at radius 2 is 1.76 bits per heavy atom. The SMILES string of the molecule is O=C(O)C=Cc1ccccc1COc1c(Cl)cccc1Cl. The standard InChI is InChI=1S/C16H12Cl2O3/c17-13-6-3-7-14(18)16(13)21-10-12-5-2-1-4-11(12)8-9-15(19)20/h1-9H,10H2,(H,19,20). The molecule has 2 rings (SSSR count). The summed E-state index contributed by atoms with van der Waals surface area (Å²) >= 11 is 12.1. The zero-order chi connectivity index (χ0) is 15.2. The lowest BCUT2D eigenvalue weighted by Crippen LogP contribution is -1.99. The molecule has 0 spiro atoms. The Hall–Kier alpha value is -1.97. The molecule has 5 heteroatoms. The minimum absolute atomic E-state index is 0.240. The number of carbonyl (C=O) groups is 1. The highest BCUT2D eigenvalue weighted by Crippen LogP contribution is 2.33. The van der Waals surface area contributed by atoms with Gasteiger partial charge in [0.1, 0.15) is 6.61 Å². The fourth-order valence-corrected chi connectivity index (χ4v) is 2.27. The number of rotatable bonds is 5. The molecule has 3 nitrogen and oxygen atoms in total. The third-order valence-electron chi connectivity index (χ3n) is 2.75. The Bertz CT molecular complexity index is 661. The van der Waals surface area contributed by atoms with Gasteiger partial charge in [-0.3, -0.25) is 0 Å². The maximum absolute atomic E-state index is 10.6. The number of para-hydroxylation sites is 1. The summed E-state index contributed by atoms with van der Waals surface area (Å²) in [6, 6.07) is 12.5. The van der Waals surface area contributed by atoms with Crippen molar-refractivity contribution in [3.63, 3.8) is 0 Å². The molecule has 0 atom stereocenters. The third-order valence-corrected chi connectivity index (χ3v) is 3.35. The van der Waals surface area contributed by atoms with E-state index in [9.17, 15) is 4.79 Å². The third kappa shape index (κ3) is 4.25. The molecule has 0 fully saturated rings. The average molecular weight is 323 g/mol. The molecule has 0 aliphatic rings. The largest absolute Gasteiger partial charge is 0.486 e. The van der Waals surface area contributed by atoms with E-state index in [1.54, 1.807) is 18.2 Å². The second kappa shape index (κ2) is 7.16. The number of ether oxygens (including phenoxy) is 1. The molecule has 1 N–H and O–H groups in total. The normalized spacial score (nSPS) is 10.8. The van der Waals surface area contributed by atoms with Crippen LogP contribution in [0.5, 0.6) is 5.75 Å². The number of carboxylic acid groups (broad SMARTS) is 1. The molecule has 0 bridgehead atoms. The lowest BCUT2D eigenvalue weighted by atomic mass is 10.1. The lowest BCUT2D eigenvalue weighted by molar-refractivity contribution is -0.131. The van der Waals surface area contributed by atoms with E-state index in [0.29, 0.717) is 15.8 Å². The fourth-order valence-electron chi connectivity index (χ4n) is 1.76. The van der Waals surface area contributed by atoms with Gasteiger partial charge < -0.3 is 9.84 Å². The summed E-state index contributed by atoms with van der Waals surface area (Å²) in [5, 5.41) is 9.56. The van der Waals surface area contributed by atoms with Crippen LogP contribution in [-0.2, 0) is 11.4 Å². The zero-order valence-electron chi connectivity index (χ0n) is 10.9. The fraction of sp³-hybridized carbons (Fsp3) is 0.0625. The molecule has 0 radical (unpaired) electrons. The maximum Gasteiger partial charge on any atom is 0.328 e. The van der Waals surface area contributed by atoms with E-state index in [0.717, 1.165) is 17.2 Å². The van der Waals surface area contributed by atoms with E-state index in [1.165, 1.54) is 6.08 Å². The molecule has 0 aliphatic carbocycles. The number of benzene rings is 2. The molecule has 2 aromatic carbocycles. The van der Waals surface area contributed by atoms with Gasteiger partial charge >= 0.3 is 5.97 Å². The first kappa shape index (κ1) is 15.4. The number of aliphatic carboxylic acids is 1. The topological polar surface area (TPSA) is 46.5 Å². The molecule has 0 aromatic heterocycles. The van der Waals surface area contributed by atoms with Crippen LogP contribution in [0.25, 0.3) is 6.08 Å². The molecule has 2 aromatic rings. The first-order valence-electron chi connectivity index (χ1n) is 6.13. The van der Waals surface area contributed by atoms with Crippen molar-refractivity contribution in [2.45, 2.75) is 6.61 Å². The van der Waals surface area contributed by atoms with E-state index < -0.39 is 5.97 Å². The first-order chi connectivity index (χ1) is 10.1. The van der Waals surface area contributed by atoms with E-state index >= 15 is 0 Å². The Morgan fingerprint density at radius 1 is 1.10 bits per heavy atom. The summed E-state index contributed by atoms with van der Waals surface area (Å²) in [6.07, 6.45) is 2.61. The maximum atomic E-state index is 10.6. The highest BCUT2D eigenvalue weighted by molar-refractivity contribution is 6.37. The summed E-state index contributed by atoms with van der Waals surface area (Å²) in [5.41, 5.74) is 1.61. The van der Waals surface area contributed by atoms with Crippen molar-refractivity contribution in [3.05, 3.63) is 69.7 Å². The summed E-state index contributed by atoms with van der Waals surface area (Å²) in [6.45, 7) is 0.240. The Kier molecular flexibility index (Phi) is 5.26. The second-order valence-electron chi connectivity index (χ2n) is 4.21. The summed E-state index contributed by atoms with van der Waals surface area (Å²) in [5.74, 6) is -0.585. The summed E-state index contributed by atoms with van der Waals surface area (Å²) < 4.78 is 5.66. The van der Waals surface area contributed by atoms with Crippen molar-refractivity contribution in [2.24, 2.45) is 0 Å². The van der Waals surface area contributed by atoms with E-state index in [1.807, 2.05) is 24.3 Å². The van der Waals surface area contributed by atoms with Gasteiger partial charge in [-0.2, -0.15) is 0 Å². The number of carboxylic acids is 1. The van der Waals surface area contributed by atoms with Crippen molar-refractivity contribution in [2.75, 3.05) is 0 Å². The second-order valence-corrected chi connectivity index (χ2v) is 5.02. The minimum atomic E-state index is -1.00. The van der Waals surface area contributed by atoms with Gasteiger partial charge in [-0.05, 0) is 29.3 Å². The molecule has 0 amide bonds. The molecular formula is C16H12Cl2O3. The Morgan fingerprint density at radius 3 is 2.43 bits per heavy atom. The van der Waals surface area contributed by atoms with E-state index in [-0.39, 0.29) is 6.61 Å². The van der Waals surface area contributed by atoms with Crippen LogP contribution in [-0.4, -0.2) is 11.1 Å². The van der Waals surface area contributed by atoms with Crippen LogP contribution in [0.4, 0.5) is 0 Å². The van der Waals surface area contributed by atoms with Gasteiger partial charge in [0, 0.05) is 6.08 Å². The molecule has 0 heterocycles. The quantitative estimate of drug-likeness (QED) is 0.813. The molecular weight excluding hydrogens is 311 g/mol. The van der Waals surface area contributed by atoms with Gasteiger partial charge in [0.05, 0.1) is 10.0 Å². The van der Waals surface area contributed by atoms with Crippen LogP contribution in [0.3, 0.4) is 0 Å². The van der Waals surface area contributed by atoms with Crippen molar-refractivity contribution in [1.29, 1.82) is 0 Å². The van der Waals surface area contributed by atoms with Gasteiger partial charge in [0.2, 0.25) is 0 Å². The van der Waals surface area contributed by atoms with E-state index in [2.05, 4.69) is 0 Å². The van der Waals surface area contributed by atoms with Crippen LogP contribution < -0.4 is 4.74 Å². The van der Waals surface area contributed by atoms with E-state index in [4.69, 9.17) is 33.0 Å². The van der Waals surface area contributed by atoms with Gasteiger partial charge in [-0.15, -0.1) is 0 Å². The van der Waals surface area contributed by atoms with Gasteiger partial charge in [0.25, 0.3) is 0 Å². The number of hydrogen-bond donors (Lipinski definition) is 1.